The van der Waals surface area contributed by atoms with E-state index in [4.69, 9.17) is 0 Å². The Hall–Kier alpha value is -1.17. The fourth-order valence-corrected chi connectivity index (χ4v) is 3.26. The molecule has 0 atom stereocenters. The summed E-state index contributed by atoms with van der Waals surface area (Å²) in [5.41, 5.74) is 0.724. The van der Waals surface area contributed by atoms with Gasteiger partial charge in [0.15, 0.2) is 0 Å². The van der Waals surface area contributed by atoms with Crippen molar-refractivity contribution in [3.05, 3.63) is 34.5 Å². The topological polar surface area (TPSA) is 41.1 Å². The van der Waals surface area contributed by atoms with E-state index in [0.29, 0.717) is 16.8 Å². The first-order valence-corrected chi connectivity index (χ1v) is 7.63. The van der Waals surface area contributed by atoms with Crippen LogP contribution in [0.15, 0.2) is 18.2 Å². The number of carbonyl (C=O) groups is 1. The molecule has 21 heavy (non-hydrogen) atoms. The maximum Gasteiger partial charge on any atom is 0.261 e. The minimum absolute atomic E-state index is 0. The van der Waals surface area contributed by atoms with E-state index < -0.39 is 0 Å². The lowest BCUT2D eigenvalue weighted by molar-refractivity contribution is 0.0957. The number of fused-ring (bicyclic) bond motifs is 1. The van der Waals surface area contributed by atoms with Crippen LogP contribution in [-0.2, 0) is 0 Å². The second-order valence-corrected chi connectivity index (χ2v) is 5.73. The summed E-state index contributed by atoms with van der Waals surface area (Å²) in [6, 6.07) is 4.94. The summed E-state index contributed by atoms with van der Waals surface area (Å²) < 4.78 is 14.6. The van der Waals surface area contributed by atoms with E-state index in [1.165, 1.54) is 17.4 Å². The van der Waals surface area contributed by atoms with Crippen molar-refractivity contribution in [3.63, 3.8) is 0 Å². The third-order valence-corrected chi connectivity index (χ3v) is 4.38. The normalized spacial score (nSPS) is 10.4. The third-order valence-electron chi connectivity index (χ3n) is 3.12. The molecule has 0 saturated heterocycles. The minimum Gasteiger partial charge on any atom is -0.350 e. The van der Waals surface area contributed by atoms with Gasteiger partial charge in [0.1, 0.15) is 5.82 Å². The van der Waals surface area contributed by atoms with Gasteiger partial charge in [0.05, 0.1) is 4.88 Å². The van der Waals surface area contributed by atoms with Crippen LogP contribution in [0.1, 0.15) is 28.6 Å². The first kappa shape index (κ1) is 17.9. The molecular formula is C15H20ClFN2OS. The van der Waals surface area contributed by atoms with Crippen molar-refractivity contribution < 1.29 is 9.18 Å². The molecule has 0 fully saturated rings. The summed E-state index contributed by atoms with van der Waals surface area (Å²) in [4.78, 5) is 12.7. The smallest absolute Gasteiger partial charge is 0.261 e. The van der Waals surface area contributed by atoms with E-state index in [0.717, 1.165) is 29.8 Å². The minimum atomic E-state index is -0.264. The Bertz CT molecular complexity index is 615. The van der Waals surface area contributed by atoms with Crippen LogP contribution in [-0.4, -0.2) is 25.5 Å². The summed E-state index contributed by atoms with van der Waals surface area (Å²) >= 11 is 1.34. The quantitative estimate of drug-likeness (QED) is 0.796. The molecule has 0 radical (unpaired) electrons. The monoisotopic (exact) mass is 330 g/mol. The van der Waals surface area contributed by atoms with Crippen LogP contribution in [0.4, 0.5) is 4.39 Å². The molecule has 1 aromatic carbocycles. The van der Waals surface area contributed by atoms with Gasteiger partial charge in [-0.25, -0.2) is 4.39 Å². The van der Waals surface area contributed by atoms with E-state index >= 15 is 0 Å². The van der Waals surface area contributed by atoms with Gasteiger partial charge >= 0.3 is 0 Å². The van der Waals surface area contributed by atoms with E-state index in [-0.39, 0.29) is 24.1 Å². The zero-order valence-electron chi connectivity index (χ0n) is 12.2. The Morgan fingerprint density at radius 2 is 2.05 bits per heavy atom. The highest BCUT2D eigenvalue weighted by molar-refractivity contribution is 7.21. The van der Waals surface area contributed by atoms with Gasteiger partial charge in [-0.3, -0.25) is 4.79 Å². The van der Waals surface area contributed by atoms with E-state index in [1.807, 2.05) is 6.07 Å². The molecule has 2 N–H and O–H groups in total. The van der Waals surface area contributed by atoms with Gasteiger partial charge in [0.2, 0.25) is 0 Å². The summed E-state index contributed by atoms with van der Waals surface area (Å²) in [7, 11) is 0. The zero-order chi connectivity index (χ0) is 14.5. The molecular weight excluding hydrogens is 311 g/mol. The number of aryl methyl sites for hydroxylation is 1. The number of nitrogens with one attached hydrogen (secondary N) is 2. The standard InChI is InChI=1S/C15H19FN2OS.ClH/c1-3-7-17-8-9-18-15(19)14-10(2)13-11(16)5-4-6-12(13)20-14;/h4-6,17H,3,7-9H2,1-2H3,(H,18,19);1H. The van der Waals surface area contributed by atoms with Gasteiger partial charge in [-0.05, 0) is 37.6 Å². The summed E-state index contributed by atoms with van der Waals surface area (Å²) in [6.45, 7) is 6.17. The number of hydrogen-bond donors (Lipinski definition) is 2. The Morgan fingerprint density at radius 3 is 2.71 bits per heavy atom. The first-order valence-electron chi connectivity index (χ1n) is 6.81. The average molecular weight is 331 g/mol. The summed E-state index contributed by atoms with van der Waals surface area (Å²) in [6.07, 6.45) is 1.07. The second-order valence-electron chi connectivity index (χ2n) is 4.68. The Kier molecular flexibility index (Phi) is 7.08. The lowest BCUT2D eigenvalue weighted by Crippen LogP contribution is -2.31. The molecule has 0 aliphatic heterocycles. The third kappa shape index (κ3) is 4.15. The number of halogens is 2. The van der Waals surface area contributed by atoms with Gasteiger partial charge in [-0.15, -0.1) is 23.7 Å². The van der Waals surface area contributed by atoms with Gasteiger partial charge in [-0.1, -0.05) is 13.0 Å². The van der Waals surface area contributed by atoms with E-state index in [2.05, 4.69) is 17.6 Å². The largest absolute Gasteiger partial charge is 0.350 e. The molecule has 2 rings (SSSR count). The highest BCUT2D eigenvalue weighted by atomic mass is 35.5. The number of benzene rings is 1. The van der Waals surface area contributed by atoms with Gasteiger partial charge in [-0.2, -0.15) is 0 Å². The Labute approximate surface area is 134 Å². The maximum absolute atomic E-state index is 13.8. The lowest BCUT2D eigenvalue weighted by Gasteiger charge is -2.05. The predicted molar refractivity (Wildman–Crippen MR) is 89.3 cm³/mol. The van der Waals surface area contributed by atoms with Crippen LogP contribution >= 0.6 is 23.7 Å². The molecule has 0 saturated carbocycles. The maximum atomic E-state index is 13.8. The molecule has 2 aromatic rings. The van der Waals surface area contributed by atoms with Crippen LogP contribution in [0, 0.1) is 12.7 Å². The molecule has 6 heteroatoms. The van der Waals surface area contributed by atoms with Crippen molar-refractivity contribution in [2.75, 3.05) is 19.6 Å². The number of amides is 1. The molecule has 1 amide bonds. The molecule has 0 spiro atoms. The predicted octanol–water partition coefficient (Wildman–Crippen LogP) is 3.50. The summed E-state index contributed by atoms with van der Waals surface area (Å²) in [5, 5.41) is 6.65. The van der Waals surface area contributed by atoms with Crippen LogP contribution in [0.3, 0.4) is 0 Å². The highest BCUT2D eigenvalue weighted by Crippen LogP contribution is 2.32. The van der Waals surface area contributed by atoms with Gasteiger partial charge in [0.25, 0.3) is 5.91 Å². The average Bonchev–Trinajstić information content (AvgIpc) is 2.77. The molecule has 0 aliphatic carbocycles. The molecule has 0 bridgehead atoms. The molecule has 0 unspecified atom stereocenters. The van der Waals surface area contributed by atoms with Crippen molar-refractivity contribution in [1.82, 2.24) is 10.6 Å². The lowest BCUT2D eigenvalue weighted by atomic mass is 10.1. The number of rotatable bonds is 6. The van der Waals surface area contributed by atoms with Crippen LogP contribution in [0.2, 0.25) is 0 Å². The Balaban J connectivity index is 0.00000220. The van der Waals surface area contributed by atoms with Crippen molar-refractivity contribution in [2.24, 2.45) is 0 Å². The molecule has 116 valence electrons. The zero-order valence-corrected chi connectivity index (χ0v) is 13.8. The number of hydrogen-bond acceptors (Lipinski definition) is 3. The van der Waals surface area contributed by atoms with E-state index in [1.54, 1.807) is 13.0 Å². The molecule has 1 aromatic heterocycles. The van der Waals surface area contributed by atoms with Crippen LogP contribution in [0.5, 0.6) is 0 Å². The van der Waals surface area contributed by atoms with Crippen molar-refractivity contribution >= 4 is 39.7 Å². The van der Waals surface area contributed by atoms with Gasteiger partial charge < -0.3 is 10.6 Å². The fourth-order valence-electron chi connectivity index (χ4n) is 2.12. The first-order chi connectivity index (χ1) is 9.65. The SMILES string of the molecule is CCCNCCNC(=O)c1sc2cccc(F)c2c1C.Cl. The second kappa shape index (κ2) is 8.32. The molecule has 1 heterocycles. The Morgan fingerprint density at radius 1 is 1.29 bits per heavy atom. The van der Waals surface area contributed by atoms with Crippen molar-refractivity contribution in [3.8, 4) is 0 Å². The van der Waals surface area contributed by atoms with E-state index in [9.17, 15) is 9.18 Å². The van der Waals surface area contributed by atoms with Gasteiger partial charge in [0, 0.05) is 23.2 Å². The van der Waals surface area contributed by atoms with Crippen molar-refractivity contribution in [1.29, 1.82) is 0 Å². The number of carbonyl (C=O) groups excluding carboxylic acids is 1. The molecule has 3 nitrogen and oxygen atoms in total. The fraction of sp³-hybridized carbons (Fsp3) is 0.400. The van der Waals surface area contributed by atoms with Crippen LogP contribution < -0.4 is 10.6 Å². The van der Waals surface area contributed by atoms with Crippen molar-refractivity contribution in [2.45, 2.75) is 20.3 Å². The number of thiophene rings is 1. The highest BCUT2D eigenvalue weighted by Gasteiger charge is 2.17. The molecule has 0 aliphatic rings. The summed E-state index contributed by atoms with van der Waals surface area (Å²) in [5.74, 6) is -0.388. The van der Waals surface area contributed by atoms with Crippen LogP contribution in [0.25, 0.3) is 10.1 Å².